The Morgan fingerprint density at radius 2 is 1.50 bits per heavy atom. The van der Waals surface area contributed by atoms with Crippen LogP contribution < -0.4 is 11.5 Å². The van der Waals surface area contributed by atoms with Gasteiger partial charge in [-0.25, -0.2) is 0 Å². The number of aromatic hydroxyl groups is 1. The van der Waals surface area contributed by atoms with Gasteiger partial charge in [-0.3, -0.25) is 0 Å². The lowest BCUT2D eigenvalue weighted by Crippen LogP contribution is -2.47. The first-order valence-corrected chi connectivity index (χ1v) is 8.99. The fourth-order valence-electron chi connectivity index (χ4n) is 5.23. The first-order valence-electron chi connectivity index (χ1n) is 8.99. The summed E-state index contributed by atoms with van der Waals surface area (Å²) < 4.78 is 0. The summed E-state index contributed by atoms with van der Waals surface area (Å²) in [6.07, 6.45) is 7.26. The Morgan fingerprint density at radius 1 is 0.885 bits per heavy atom. The molecule has 4 aliphatic carbocycles. The molecule has 0 aliphatic heterocycles. The molecule has 0 aromatic heterocycles. The average Bonchev–Trinajstić information content (AvgIpc) is 2.83. The topological polar surface area (TPSA) is 72.3 Å². The maximum absolute atomic E-state index is 10.4. The van der Waals surface area contributed by atoms with Gasteiger partial charge in [0.2, 0.25) is 0 Å². The van der Waals surface area contributed by atoms with E-state index in [2.05, 4.69) is 56.3 Å². The molecule has 26 heavy (non-hydrogen) atoms. The Balaban J connectivity index is 2.00. The molecule has 2 bridgehead atoms. The molecule has 130 valence electrons. The van der Waals surface area contributed by atoms with E-state index in [4.69, 9.17) is 11.5 Å². The molecule has 0 fully saturated rings. The number of phenolic OH excluding ortho intramolecular Hbond substituents is 1. The lowest BCUT2D eigenvalue weighted by atomic mass is 9.48. The Hall–Kier alpha value is -2.94. The van der Waals surface area contributed by atoms with Crippen molar-refractivity contribution in [2.24, 2.45) is 5.73 Å². The SMILES string of the molecule is CC12C3=C(C=C(N)CC=C3)C(C)(c3ccccc31)c1cc(O)c(N)cc12. The summed E-state index contributed by atoms with van der Waals surface area (Å²) in [5.41, 5.74) is 20.3. The zero-order chi connectivity index (χ0) is 18.3. The molecule has 2 atom stereocenters. The molecular weight excluding hydrogens is 320 g/mol. The van der Waals surface area contributed by atoms with Gasteiger partial charge in [0.25, 0.3) is 0 Å². The van der Waals surface area contributed by atoms with Crippen molar-refractivity contribution in [2.75, 3.05) is 5.73 Å². The van der Waals surface area contributed by atoms with Gasteiger partial charge in [-0.05, 0) is 65.5 Å². The lowest BCUT2D eigenvalue weighted by molar-refractivity contribution is 0.467. The molecule has 0 heterocycles. The van der Waals surface area contributed by atoms with Crippen molar-refractivity contribution >= 4 is 5.69 Å². The maximum Gasteiger partial charge on any atom is 0.138 e. The summed E-state index contributed by atoms with van der Waals surface area (Å²) in [6.45, 7) is 4.49. The first kappa shape index (κ1) is 15.3. The molecule has 0 amide bonds. The van der Waals surface area contributed by atoms with Gasteiger partial charge in [0.05, 0.1) is 5.69 Å². The van der Waals surface area contributed by atoms with Crippen molar-refractivity contribution in [1.29, 1.82) is 0 Å². The fraction of sp³-hybridized carbons (Fsp3) is 0.217. The number of anilines is 1. The number of nitrogens with two attached hydrogens (primary N) is 2. The Kier molecular flexibility index (Phi) is 2.72. The minimum atomic E-state index is -0.372. The Labute approximate surface area is 153 Å². The number of benzene rings is 2. The van der Waals surface area contributed by atoms with Crippen LogP contribution in [0.4, 0.5) is 5.69 Å². The molecule has 0 radical (unpaired) electrons. The number of phenols is 1. The van der Waals surface area contributed by atoms with Crippen LogP contribution in [-0.2, 0) is 10.8 Å². The van der Waals surface area contributed by atoms with Gasteiger partial charge in [-0.1, -0.05) is 36.4 Å². The summed E-state index contributed by atoms with van der Waals surface area (Å²) in [4.78, 5) is 0. The third kappa shape index (κ3) is 1.55. The molecule has 3 heteroatoms. The van der Waals surface area contributed by atoms with E-state index >= 15 is 0 Å². The molecule has 0 saturated carbocycles. The zero-order valence-electron chi connectivity index (χ0n) is 15.0. The quantitative estimate of drug-likeness (QED) is 0.500. The van der Waals surface area contributed by atoms with Gasteiger partial charge < -0.3 is 16.6 Å². The first-order chi connectivity index (χ1) is 12.4. The molecule has 0 saturated heterocycles. The second-order valence-corrected chi connectivity index (χ2v) is 7.91. The predicted molar refractivity (Wildman–Crippen MR) is 105 cm³/mol. The molecule has 0 spiro atoms. The van der Waals surface area contributed by atoms with Crippen LogP contribution in [0, 0.1) is 0 Å². The van der Waals surface area contributed by atoms with Crippen molar-refractivity contribution in [3.63, 3.8) is 0 Å². The van der Waals surface area contributed by atoms with E-state index in [1.54, 1.807) is 0 Å². The monoisotopic (exact) mass is 342 g/mol. The van der Waals surface area contributed by atoms with Crippen LogP contribution >= 0.6 is 0 Å². The second-order valence-electron chi connectivity index (χ2n) is 7.91. The van der Waals surface area contributed by atoms with Crippen LogP contribution in [0.15, 0.2) is 71.5 Å². The van der Waals surface area contributed by atoms with E-state index in [0.717, 1.165) is 17.7 Å². The number of rotatable bonds is 0. The summed E-state index contributed by atoms with van der Waals surface area (Å²) in [6, 6.07) is 12.4. The molecule has 2 unspecified atom stereocenters. The third-order valence-corrected chi connectivity index (χ3v) is 6.58. The van der Waals surface area contributed by atoms with Gasteiger partial charge in [0.1, 0.15) is 5.75 Å². The zero-order valence-corrected chi connectivity index (χ0v) is 15.0. The largest absolute Gasteiger partial charge is 0.506 e. The normalized spacial score (nSPS) is 28.2. The second kappa shape index (κ2) is 4.61. The highest BCUT2D eigenvalue weighted by molar-refractivity contribution is 5.78. The van der Waals surface area contributed by atoms with Crippen LogP contribution in [-0.4, -0.2) is 5.11 Å². The standard InChI is InChI=1S/C23H22N2O/c1-22-14-7-3-4-8-15(14)23(2,17-10-13(24)6-5-9-16(17)22)19-12-21(26)20(25)11-18(19)22/h3-5,7-12,26H,6,24-25H2,1-2H3. The molecule has 5 N–H and O–H groups in total. The van der Waals surface area contributed by atoms with Gasteiger partial charge in [0.15, 0.2) is 0 Å². The Morgan fingerprint density at radius 3 is 2.19 bits per heavy atom. The molecule has 3 nitrogen and oxygen atoms in total. The van der Waals surface area contributed by atoms with Crippen molar-refractivity contribution < 1.29 is 5.11 Å². The third-order valence-electron chi connectivity index (χ3n) is 6.58. The number of hydrogen-bond acceptors (Lipinski definition) is 3. The fourth-order valence-corrected chi connectivity index (χ4v) is 5.23. The van der Waals surface area contributed by atoms with E-state index in [-0.39, 0.29) is 16.6 Å². The van der Waals surface area contributed by atoms with Gasteiger partial charge in [-0.2, -0.15) is 0 Å². The van der Waals surface area contributed by atoms with Crippen LogP contribution in [0.5, 0.6) is 5.75 Å². The maximum atomic E-state index is 10.4. The predicted octanol–water partition coefficient (Wildman–Crippen LogP) is 4.01. The molecule has 4 aliphatic rings. The van der Waals surface area contributed by atoms with Crippen LogP contribution in [0.2, 0.25) is 0 Å². The van der Waals surface area contributed by atoms with Crippen molar-refractivity contribution in [3.8, 4) is 5.75 Å². The van der Waals surface area contributed by atoms with Crippen LogP contribution in [0.3, 0.4) is 0 Å². The number of allylic oxidation sites excluding steroid dienone is 5. The van der Waals surface area contributed by atoms with E-state index in [1.807, 2.05) is 12.1 Å². The van der Waals surface area contributed by atoms with Gasteiger partial charge >= 0.3 is 0 Å². The molecule has 2 aromatic rings. The van der Waals surface area contributed by atoms with Gasteiger partial charge in [-0.15, -0.1) is 0 Å². The minimum Gasteiger partial charge on any atom is -0.506 e. The van der Waals surface area contributed by atoms with Gasteiger partial charge in [0, 0.05) is 22.9 Å². The number of hydrogen-bond donors (Lipinski definition) is 3. The highest BCUT2D eigenvalue weighted by Crippen LogP contribution is 2.63. The lowest BCUT2D eigenvalue weighted by Gasteiger charge is -2.54. The van der Waals surface area contributed by atoms with Crippen molar-refractivity contribution in [2.45, 2.75) is 31.1 Å². The van der Waals surface area contributed by atoms with Crippen molar-refractivity contribution in [1.82, 2.24) is 0 Å². The van der Waals surface area contributed by atoms with Crippen LogP contribution in [0.25, 0.3) is 0 Å². The average molecular weight is 342 g/mol. The van der Waals surface area contributed by atoms with Crippen LogP contribution in [0.1, 0.15) is 42.5 Å². The summed E-state index contributed by atoms with van der Waals surface area (Å²) in [5.74, 6) is 0.141. The minimum absolute atomic E-state index is 0.141. The molecular formula is C23H22N2O. The number of nitrogen functional groups attached to an aromatic ring is 1. The highest BCUT2D eigenvalue weighted by Gasteiger charge is 2.55. The van der Waals surface area contributed by atoms with E-state index in [9.17, 15) is 5.11 Å². The smallest absolute Gasteiger partial charge is 0.138 e. The summed E-state index contributed by atoms with van der Waals surface area (Å²) >= 11 is 0. The highest BCUT2D eigenvalue weighted by atomic mass is 16.3. The van der Waals surface area contributed by atoms with Crippen molar-refractivity contribution in [3.05, 3.63) is 93.7 Å². The van der Waals surface area contributed by atoms with E-state index < -0.39 is 0 Å². The van der Waals surface area contributed by atoms with E-state index in [0.29, 0.717) is 5.69 Å². The molecule has 6 rings (SSSR count). The summed E-state index contributed by atoms with van der Waals surface area (Å²) in [5, 5.41) is 10.4. The Bertz CT molecular complexity index is 1080. The molecule has 2 aromatic carbocycles. The van der Waals surface area contributed by atoms with E-state index in [1.165, 1.54) is 27.8 Å². The summed E-state index contributed by atoms with van der Waals surface area (Å²) in [7, 11) is 0.